The van der Waals surface area contributed by atoms with Gasteiger partial charge in [0.15, 0.2) is 0 Å². The molecule has 2 rings (SSSR count). The van der Waals surface area contributed by atoms with E-state index in [0.717, 1.165) is 6.20 Å². The normalized spacial score (nSPS) is 31.8. The zero-order valence-electron chi connectivity index (χ0n) is 9.63. The van der Waals surface area contributed by atoms with Crippen LogP contribution >= 0.6 is 0 Å². The number of ether oxygens (including phenoxy) is 1. The molecule has 1 fully saturated rings. The maximum atomic E-state index is 13.9. The summed E-state index contributed by atoms with van der Waals surface area (Å²) in [6.07, 6.45) is -3.65. The van der Waals surface area contributed by atoms with Crippen molar-refractivity contribution in [2.75, 3.05) is 6.61 Å². The predicted octanol–water partition coefficient (Wildman–Crippen LogP) is -1.02. The first kappa shape index (κ1) is 13.2. The molecular formula is C11H14FNO5. The lowest BCUT2D eigenvalue weighted by atomic mass is 10.0. The zero-order chi connectivity index (χ0) is 13.4. The van der Waals surface area contributed by atoms with E-state index in [4.69, 9.17) is 9.84 Å². The summed E-state index contributed by atoms with van der Waals surface area (Å²) in [7, 11) is 0. The second kappa shape index (κ2) is 4.77. The standard InChI is InChI=1S/C11H14FNO5/c1-4-7(12)5(2-13-11(4)17)10-9(16)8(15)6(3-14)18-10/h2,6,8-10,14-16H,3H2,1H3,(H,13,17)/t6-,8?,9+,10+/m1/s1. The van der Waals surface area contributed by atoms with Gasteiger partial charge in [0.05, 0.1) is 12.2 Å². The summed E-state index contributed by atoms with van der Waals surface area (Å²) in [5, 5.41) is 28.3. The first-order valence-corrected chi connectivity index (χ1v) is 5.47. The van der Waals surface area contributed by atoms with Crippen molar-refractivity contribution in [3.05, 3.63) is 33.5 Å². The minimum Gasteiger partial charge on any atom is -0.394 e. The molecule has 0 aromatic carbocycles. The molecule has 0 saturated carbocycles. The molecule has 0 amide bonds. The molecule has 2 heterocycles. The van der Waals surface area contributed by atoms with Gasteiger partial charge in [-0.15, -0.1) is 0 Å². The van der Waals surface area contributed by atoms with Gasteiger partial charge in [0, 0.05) is 11.8 Å². The summed E-state index contributed by atoms with van der Waals surface area (Å²) < 4.78 is 19.1. The molecule has 0 aliphatic carbocycles. The number of H-pyrrole nitrogens is 1. The van der Waals surface area contributed by atoms with Crippen molar-refractivity contribution in [3.63, 3.8) is 0 Å². The van der Waals surface area contributed by atoms with Gasteiger partial charge < -0.3 is 25.0 Å². The highest BCUT2D eigenvalue weighted by Gasteiger charge is 2.44. The van der Waals surface area contributed by atoms with E-state index < -0.39 is 42.4 Å². The molecule has 1 saturated heterocycles. The number of aliphatic hydroxyl groups excluding tert-OH is 3. The van der Waals surface area contributed by atoms with Gasteiger partial charge in [-0.05, 0) is 6.92 Å². The summed E-state index contributed by atoms with van der Waals surface area (Å²) in [6.45, 7) is 0.817. The summed E-state index contributed by atoms with van der Waals surface area (Å²) in [5.74, 6) is -0.784. The van der Waals surface area contributed by atoms with Crippen LogP contribution in [0.4, 0.5) is 4.39 Å². The van der Waals surface area contributed by atoms with E-state index in [1.54, 1.807) is 0 Å². The Bertz CT molecular complexity index is 503. The summed E-state index contributed by atoms with van der Waals surface area (Å²) >= 11 is 0. The Morgan fingerprint density at radius 2 is 2.11 bits per heavy atom. The molecule has 0 spiro atoms. The molecule has 4 atom stereocenters. The quantitative estimate of drug-likeness (QED) is 0.544. The molecular weight excluding hydrogens is 245 g/mol. The minimum atomic E-state index is -1.36. The van der Waals surface area contributed by atoms with Gasteiger partial charge in [-0.1, -0.05) is 0 Å². The highest BCUT2D eigenvalue weighted by molar-refractivity contribution is 5.24. The van der Waals surface area contributed by atoms with E-state index in [0.29, 0.717) is 0 Å². The van der Waals surface area contributed by atoms with E-state index in [9.17, 15) is 19.4 Å². The van der Waals surface area contributed by atoms with E-state index in [1.165, 1.54) is 6.92 Å². The van der Waals surface area contributed by atoms with Gasteiger partial charge in [-0.2, -0.15) is 0 Å². The lowest BCUT2D eigenvalue weighted by Crippen LogP contribution is -2.32. The molecule has 1 aliphatic rings. The summed E-state index contributed by atoms with van der Waals surface area (Å²) in [6, 6.07) is 0. The van der Waals surface area contributed by atoms with E-state index in [-0.39, 0.29) is 11.1 Å². The fraction of sp³-hybridized carbons (Fsp3) is 0.545. The van der Waals surface area contributed by atoms with Crippen molar-refractivity contribution >= 4 is 0 Å². The van der Waals surface area contributed by atoms with Gasteiger partial charge in [0.25, 0.3) is 5.56 Å². The number of aromatic amines is 1. The third kappa shape index (κ3) is 1.95. The Kier molecular flexibility index (Phi) is 3.49. The largest absolute Gasteiger partial charge is 0.394 e. The van der Waals surface area contributed by atoms with Crippen molar-refractivity contribution in [1.82, 2.24) is 4.98 Å². The highest BCUT2D eigenvalue weighted by Crippen LogP contribution is 2.34. The van der Waals surface area contributed by atoms with Crippen LogP contribution in [0.2, 0.25) is 0 Å². The maximum Gasteiger partial charge on any atom is 0.253 e. The molecule has 6 nitrogen and oxygen atoms in total. The number of hydrogen-bond donors (Lipinski definition) is 4. The highest BCUT2D eigenvalue weighted by atomic mass is 19.1. The van der Waals surface area contributed by atoms with Crippen molar-refractivity contribution in [2.24, 2.45) is 0 Å². The molecule has 0 bridgehead atoms. The number of hydrogen-bond acceptors (Lipinski definition) is 5. The monoisotopic (exact) mass is 259 g/mol. The molecule has 100 valence electrons. The Morgan fingerprint density at radius 1 is 1.44 bits per heavy atom. The topological polar surface area (TPSA) is 103 Å². The molecule has 7 heteroatoms. The van der Waals surface area contributed by atoms with Crippen LogP contribution in [0.15, 0.2) is 11.0 Å². The Balaban J connectivity index is 2.39. The molecule has 4 N–H and O–H groups in total. The third-order valence-electron chi connectivity index (χ3n) is 3.13. The van der Waals surface area contributed by atoms with Crippen LogP contribution in [0.3, 0.4) is 0 Å². The van der Waals surface area contributed by atoms with Crippen LogP contribution in [0.25, 0.3) is 0 Å². The Labute approximate surface area is 102 Å². The van der Waals surface area contributed by atoms with Crippen LogP contribution in [0, 0.1) is 12.7 Å². The van der Waals surface area contributed by atoms with Gasteiger partial charge in [0.1, 0.15) is 30.2 Å². The zero-order valence-corrected chi connectivity index (χ0v) is 9.63. The number of rotatable bonds is 2. The number of halogens is 1. The third-order valence-corrected chi connectivity index (χ3v) is 3.13. The second-order valence-electron chi connectivity index (χ2n) is 4.27. The number of nitrogens with one attached hydrogen (secondary N) is 1. The maximum absolute atomic E-state index is 13.9. The SMILES string of the molecule is Cc1c(F)c([C@@H]2O[C@H](CO)C(O)[C@@H]2O)c[nH]c1=O. The number of aromatic nitrogens is 1. The van der Waals surface area contributed by atoms with Crippen LogP contribution in [-0.4, -0.2) is 45.2 Å². The van der Waals surface area contributed by atoms with E-state index in [1.807, 2.05) is 0 Å². The van der Waals surface area contributed by atoms with Crippen molar-refractivity contribution < 1.29 is 24.4 Å². The molecule has 1 unspecified atom stereocenters. The summed E-state index contributed by atoms with van der Waals surface area (Å²) in [4.78, 5) is 13.5. The average Bonchev–Trinajstić information content (AvgIpc) is 2.64. The smallest absolute Gasteiger partial charge is 0.253 e. The van der Waals surface area contributed by atoms with Gasteiger partial charge in [0.2, 0.25) is 0 Å². The van der Waals surface area contributed by atoms with Crippen LogP contribution in [0.1, 0.15) is 17.2 Å². The average molecular weight is 259 g/mol. The predicted molar refractivity (Wildman–Crippen MR) is 58.5 cm³/mol. The Morgan fingerprint density at radius 3 is 2.67 bits per heavy atom. The number of pyridine rings is 1. The summed E-state index contributed by atoms with van der Waals surface area (Å²) in [5.41, 5.74) is -0.733. The first-order valence-electron chi connectivity index (χ1n) is 5.47. The lowest BCUT2D eigenvalue weighted by molar-refractivity contribution is -0.0238. The van der Waals surface area contributed by atoms with E-state index in [2.05, 4.69) is 4.98 Å². The fourth-order valence-corrected chi connectivity index (χ4v) is 1.99. The molecule has 1 aliphatic heterocycles. The lowest BCUT2D eigenvalue weighted by Gasteiger charge is -2.16. The van der Waals surface area contributed by atoms with Crippen molar-refractivity contribution in [3.8, 4) is 0 Å². The Hall–Kier alpha value is -1.28. The van der Waals surface area contributed by atoms with Gasteiger partial charge in [-0.3, -0.25) is 4.79 Å². The van der Waals surface area contributed by atoms with E-state index >= 15 is 0 Å². The van der Waals surface area contributed by atoms with Crippen molar-refractivity contribution in [1.29, 1.82) is 0 Å². The van der Waals surface area contributed by atoms with Gasteiger partial charge >= 0.3 is 0 Å². The van der Waals surface area contributed by atoms with Crippen LogP contribution < -0.4 is 5.56 Å². The first-order chi connectivity index (χ1) is 8.47. The van der Waals surface area contributed by atoms with Gasteiger partial charge in [-0.25, -0.2) is 4.39 Å². The van der Waals surface area contributed by atoms with Crippen molar-refractivity contribution in [2.45, 2.75) is 31.3 Å². The number of aliphatic hydroxyl groups is 3. The molecule has 1 aromatic rings. The fourth-order valence-electron chi connectivity index (χ4n) is 1.99. The molecule has 1 aromatic heterocycles. The van der Waals surface area contributed by atoms with Crippen LogP contribution in [0.5, 0.6) is 0 Å². The second-order valence-corrected chi connectivity index (χ2v) is 4.27. The molecule has 18 heavy (non-hydrogen) atoms. The molecule has 0 radical (unpaired) electrons. The van der Waals surface area contributed by atoms with Crippen LogP contribution in [-0.2, 0) is 4.74 Å². The minimum absolute atomic E-state index is 0.0467.